The lowest BCUT2D eigenvalue weighted by molar-refractivity contribution is 0.965. The smallest absolute Gasteiger partial charge is 0.259 e. The van der Waals surface area contributed by atoms with Crippen LogP contribution in [0.15, 0.2) is 34.4 Å². The summed E-state index contributed by atoms with van der Waals surface area (Å²) in [7, 11) is 0. The summed E-state index contributed by atoms with van der Waals surface area (Å²) >= 11 is 1.49. The Hall–Kier alpha value is -2.14. The lowest BCUT2D eigenvalue weighted by Crippen LogP contribution is -2.16. The van der Waals surface area contributed by atoms with Gasteiger partial charge in [-0.25, -0.2) is 4.98 Å². The molecule has 0 unspecified atom stereocenters. The standard InChI is InChI=1S/C16H17N3OS/c1-10-4-5-13(6-11(10)2)17-8-14-7-15(20)19-12(3)9-21-16(19)18-14/h4-7,9,17H,8H2,1-3H3. The van der Waals surface area contributed by atoms with Crippen LogP contribution in [0.5, 0.6) is 0 Å². The fraction of sp³-hybridized carbons (Fsp3) is 0.250. The van der Waals surface area contributed by atoms with Gasteiger partial charge in [0, 0.05) is 22.8 Å². The number of aromatic nitrogens is 2. The summed E-state index contributed by atoms with van der Waals surface area (Å²) in [6, 6.07) is 7.84. The molecule has 0 amide bonds. The first-order chi connectivity index (χ1) is 10.0. The van der Waals surface area contributed by atoms with Crippen LogP contribution in [0.2, 0.25) is 0 Å². The molecule has 0 radical (unpaired) electrons. The molecule has 3 aromatic rings. The van der Waals surface area contributed by atoms with Crippen LogP contribution in [0.3, 0.4) is 0 Å². The van der Waals surface area contributed by atoms with Gasteiger partial charge < -0.3 is 5.32 Å². The predicted molar refractivity (Wildman–Crippen MR) is 87.3 cm³/mol. The molecule has 5 heteroatoms. The van der Waals surface area contributed by atoms with E-state index in [9.17, 15) is 4.79 Å². The fourth-order valence-electron chi connectivity index (χ4n) is 2.24. The van der Waals surface area contributed by atoms with Crippen molar-refractivity contribution in [2.45, 2.75) is 27.3 Å². The SMILES string of the molecule is Cc1ccc(NCc2cc(=O)n3c(C)csc3n2)cc1C. The number of rotatable bonds is 3. The van der Waals surface area contributed by atoms with Crippen molar-refractivity contribution in [3.8, 4) is 0 Å². The first kappa shape index (κ1) is 13.8. The second-order valence-corrected chi connectivity index (χ2v) is 6.07. The number of hydrogen-bond donors (Lipinski definition) is 1. The Balaban J connectivity index is 1.85. The van der Waals surface area contributed by atoms with Gasteiger partial charge in [0.25, 0.3) is 5.56 Å². The van der Waals surface area contributed by atoms with Crippen LogP contribution in [0.4, 0.5) is 5.69 Å². The van der Waals surface area contributed by atoms with Crippen molar-refractivity contribution >= 4 is 22.0 Å². The largest absolute Gasteiger partial charge is 0.379 e. The maximum absolute atomic E-state index is 12.1. The van der Waals surface area contributed by atoms with Gasteiger partial charge in [0.2, 0.25) is 0 Å². The monoisotopic (exact) mass is 299 g/mol. The zero-order chi connectivity index (χ0) is 15.0. The summed E-state index contributed by atoms with van der Waals surface area (Å²) in [6.45, 7) is 6.64. The number of thiazole rings is 1. The minimum atomic E-state index is -0.0179. The maximum Gasteiger partial charge on any atom is 0.259 e. The van der Waals surface area contributed by atoms with Crippen molar-refractivity contribution < 1.29 is 0 Å². The van der Waals surface area contributed by atoms with E-state index in [1.165, 1.54) is 22.5 Å². The van der Waals surface area contributed by atoms with Crippen molar-refractivity contribution in [2.75, 3.05) is 5.32 Å². The number of aryl methyl sites for hydroxylation is 3. The Morgan fingerprint density at radius 2 is 2.00 bits per heavy atom. The average molecular weight is 299 g/mol. The molecule has 0 aliphatic rings. The summed E-state index contributed by atoms with van der Waals surface area (Å²) < 4.78 is 1.64. The normalized spacial score (nSPS) is 11.0. The molecule has 0 atom stereocenters. The molecule has 108 valence electrons. The number of nitrogens with zero attached hydrogens (tertiary/aromatic N) is 2. The van der Waals surface area contributed by atoms with Gasteiger partial charge in [-0.3, -0.25) is 9.20 Å². The second-order valence-electron chi connectivity index (χ2n) is 5.23. The van der Waals surface area contributed by atoms with E-state index in [0.29, 0.717) is 6.54 Å². The molecule has 0 fully saturated rings. The second kappa shape index (κ2) is 5.33. The zero-order valence-electron chi connectivity index (χ0n) is 12.3. The third-order valence-electron chi connectivity index (χ3n) is 3.61. The van der Waals surface area contributed by atoms with E-state index in [1.54, 1.807) is 10.5 Å². The summed E-state index contributed by atoms with van der Waals surface area (Å²) in [6.07, 6.45) is 0. The topological polar surface area (TPSA) is 46.4 Å². The van der Waals surface area contributed by atoms with Crippen LogP contribution in [0.25, 0.3) is 4.96 Å². The van der Waals surface area contributed by atoms with Gasteiger partial charge in [0.15, 0.2) is 4.96 Å². The highest BCUT2D eigenvalue weighted by atomic mass is 32.1. The highest BCUT2D eigenvalue weighted by Crippen LogP contribution is 2.15. The van der Waals surface area contributed by atoms with Gasteiger partial charge in [-0.1, -0.05) is 6.07 Å². The first-order valence-electron chi connectivity index (χ1n) is 6.82. The molecule has 3 rings (SSSR count). The third kappa shape index (κ3) is 2.69. The lowest BCUT2D eigenvalue weighted by atomic mass is 10.1. The van der Waals surface area contributed by atoms with Crippen molar-refractivity contribution in [2.24, 2.45) is 0 Å². The molecule has 0 saturated heterocycles. The minimum Gasteiger partial charge on any atom is -0.379 e. The highest BCUT2D eigenvalue weighted by molar-refractivity contribution is 7.15. The van der Waals surface area contributed by atoms with Gasteiger partial charge in [0.05, 0.1) is 12.2 Å². The molecule has 0 aliphatic heterocycles. The van der Waals surface area contributed by atoms with Crippen LogP contribution >= 0.6 is 11.3 Å². The van der Waals surface area contributed by atoms with Crippen LogP contribution in [-0.4, -0.2) is 9.38 Å². The first-order valence-corrected chi connectivity index (χ1v) is 7.70. The van der Waals surface area contributed by atoms with E-state index in [4.69, 9.17) is 0 Å². The molecule has 2 aromatic heterocycles. The Labute approximate surface area is 127 Å². The van der Waals surface area contributed by atoms with E-state index in [0.717, 1.165) is 22.0 Å². The van der Waals surface area contributed by atoms with Crippen molar-refractivity contribution in [3.05, 3.63) is 62.5 Å². The van der Waals surface area contributed by atoms with Crippen LogP contribution < -0.4 is 10.9 Å². The molecule has 0 saturated carbocycles. The molecule has 2 heterocycles. The quantitative estimate of drug-likeness (QED) is 0.807. The molecule has 1 aromatic carbocycles. The molecule has 0 bridgehead atoms. The Morgan fingerprint density at radius 1 is 1.19 bits per heavy atom. The fourth-order valence-corrected chi connectivity index (χ4v) is 3.13. The zero-order valence-corrected chi connectivity index (χ0v) is 13.1. The predicted octanol–water partition coefficient (Wildman–Crippen LogP) is 3.29. The molecule has 1 N–H and O–H groups in total. The molecule has 0 spiro atoms. The van der Waals surface area contributed by atoms with Crippen LogP contribution in [-0.2, 0) is 6.54 Å². The number of benzene rings is 1. The molecular weight excluding hydrogens is 282 g/mol. The number of anilines is 1. The van der Waals surface area contributed by atoms with E-state index in [-0.39, 0.29) is 5.56 Å². The Bertz CT molecular complexity index is 864. The van der Waals surface area contributed by atoms with E-state index >= 15 is 0 Å². The Morgan fingerprint density at radius 3 is 2.76 bits per heavy atom. The van der Waals surface area contributed by atoms with Gasteiger partial charge in [0.1, 0.15) is 0 Å². The Kier molecular flexibility index (Phi) is 3.51. The third-order valence-corrected chi connectivity index (χ3v) is 4.55. The number of fused-ring (bicyclic) bond motifs is 1. The van der Waals surface area contributed by atoms with Crippen molar-refractivity contribution in [1.29, 1.82) is 0 Å². The number of nitrogens with one attached hydrogen (secondary N) is 1. The van der Waals surface area contributed by atoms with E-state index < -0.39 is 0 Å². The molecule has 0 aliphatic carbocycles. The number of hydrogen-bond acceptors (Lipinski definition) is 4. The van der Waals surface area contributed by atoms with E-state index in [1.807, 2.05) is 18.4 Å². The van der Waals surface area contributed by atoms with Gasteiger partial charge in [-0.15, -0.1) is 11.3 Å². The van der Waals surface area contributed by atoms with Crippen LogP contribution in [0.1, 0.15) is 22.5 Å². The van der Waals surface area contributed by atoms with Gasteiger partial charge >= 0.3 is 0 Å². The average Bonchev–Trinajstić information content (AvgIpc) is 2.82. The minimum absolute atomic E-state index is 0.0179. The molecule has 21 heavy (non-hydrogen) atoms. The van der Waals surface area contributed by atoms with Crippen LogP contribution in [0, 0.1) is 20.8 Å². The summed E-state index contributed by atoms with van der Waals surface area (Å²) in [5.41, 5.74) is 5.24. The summed E-state index contributed by atoms with van der Waals surface area (Å²) in [5, 5.41) is 5.27. The molecule has 4 nitrogen and oxygen atoms in total. The van der Waals surface area contributed by atoms with Crippen molar-refractivity contribution in [1.82, 2.24) is 9.38 Å². The summed E-state index contributed by atoms with van der Waals surface area (Å²) in [5.74, 6) is 0. The van der Waals surface area contributed by atoms with Crippen molar-refractivity contribution in [3.63, 3.8) is 0 Å². The van der Waals surface area contributed by atoms with Gasteiger partial charge in [-0.05, 0) is 44.0 Å². The lowest BCUT2D eigenvalue weighted by Gasteiger charge is -2.08. The molecular formula is C16H17N3OS. The summed E-state index contributed by atoms with van der Waals surface area (Å²) in [4.78, 5) is 17.4. The maximum atomic E-state index is 12.1. The van der Waals surface area contributed by atoms with Gasteiger partial charge in [-0.2, -0.15) is 0 Å². The highest BCUT2D eigenvalue weighted by Gasteiger charge is 2.06. The van der Waals surface area contributed by atoms with E-state index in [2.05, 4.69) is 36.3 Å².